The maximum absolute atomic E-state index is 5.42. The lowest BCUT2D eigenvalue weighted by molar-refractivity contribution is 0.270. The van der Waals surface area contributed by atoms with Gasteiger partial charge in [-0.15, -0.1) is 0 Å². The lowest BCUT2D eigenvalue weighted by atomic mass is 10.1. The molecule has 2 aromatic rings. The maximum atomic E-state index is 5.42. The van der Waals surface area contributed by atoms with Crippen LogP contribution >= 0.6 is 0 Å². The van der Waals surface area contributed by atoms with Crippen LogP contribution in [0.3, 0.4) is 0 Å². The molecule has 108 valence electrons. The Kier molecular flexibility index (Phi) is 5.32. The second-order valence-corrected chi connectivity index (χ2v) is 5.24. The molecule has 0 unspecified atom stereocenters. The Hall–Kier alpha value is -1.65. The predicted molar refractivity (Wildman–Crippen MR) is 81.6 cm³/mol. The average Bonchev–Trinajstić information content (AvgIpc) is 2.88. The van der Waals surface area contributed by atoms with Crippen LogP contribution in [0.4, 0.5) is 0 Å². The van der Waals surface area contributed by atoms with Crippen molar-refractivity contribution in [1.82, 2.24) is 15.4 Å². The monoisotopic (exact) mass is 273 g/mol. The molecule has 0 amide bonds. The summed E-state index contributed by atoms with van der Waals surface area (Å²) in [4.78, 5) is 2.25. The summed E-state index contributed by atoms with van der Waals surface area (Å²) < 4.78 is 5.42. The van der Waals surface area contributed by atoms with Gasteiger partial charge in [-0.05, 0) is 40.5 Å². The minimum Gasteiger partial charge on any atom is -0.359 e. The summed E-state index contributed by atoms with van der Waals surface area (Å²) in [5.41, 5.74) is 3.26. The molecule has 20 heavy (non-hydrogen) atoms. The van der Waals surface area contributed by atoms with E-state index < -0.39 is 0 Å². The number of hydrogen-bond donors (Lipinski definition) is 1. The average molecular weight is 273 g/mol. The van der Waals surface area contributed by atoms with E-state index in [0.717, 1.165) is 43.1 Å². The van der Waals surface area contributed by atoms with Crippen molar-refractivity contribution in [2.45, 2.75) is 19.9 Å². The molecule has 1 aromatic heterocycles. The Morgan fingerprint density at radius 2 is 2.00 bits per heavy atom. The highest BCUT2D eigenvalue weighted by atomic mass is 16.5. The summed E-state index contributed by atoms with van der Waals surface area (Å²) in [6.45, 7) is 4.96. The topological polar surface area (TPSA) is 41.3 Å². The standard InChI is InChI=1S/C16H23N3O/c1-13-5-7-14(8-6-13)16-11-15(20-18-16)12-19(3)10-4-9-17-2/h5-8,11,17H,4,9-10,12H2,1-3H3. The van der Waals surface area contributed by atoms with Crippen LogP contribution < -0.4 is 5.32 Å². The fourth-order valence-corrected chi connectivity index (χ4v) is 2.12. The summed E-state index contributed by atoms with van der Waals surface area (Å²) in [6.07, 6.45) is 1.13. The molecule has 4 heteroatoms. The van der Waals surface area contributed by atoms with Gasteiger partial charge in [-0.2, -0.15) is 0 Å². The first-order valence-corrected chi connectivity index (χ1v) is 7.05. The Morgan fingerprint density at radius 3 is 2.70 bits per heavy atom. The van der Waals surface area contributed by atoms with E-state index in [1.165, 1.54) is 5.56 Å². The smallest absolute Gasteiger partial charge is 0.151 e. The van der Waals surface area contributed by atoms with Gasteiger partial charge in [0.25, 0.3) is 0 Å². The zero-order valence-corrected chi connectivity index (χ0v) is 12.5. The van der Waals surface area contributed by atoms with Crippen molar-refractivity contribution in [1.29, 1.82) is 0 Å². The molecule has 2 rings (SSSR count). The van der Waals surface area contributed by atoms with Gasteiger partial charge in [0.15, 0.2) is 5.76 Å². The third-order valence-corrected chi connectivity index (χ3v) is 3.30. The summed E-state index contributed by atoms with van der Waals surface area (Å²) >= 11 is 0. The molecule has 0 bridgehead atoms. The van der Waals surface area contributed by atoms with Gasteiger partial charge in [-0.3, -0.25) is 4.90 Å². The first-order chi connectivity index (χ1) is 9.69. The molecule has 0 aliphatic heterocycles. The van der Waals surface area contributed by atoms with E-state index in [1.54, 1.807) is 0 Å². The maximum Gasteiger partial charge on any atom is 0.151 e. The van der Waals surface area contributed by atoms with Crippen molar-refractivity contribution in [3.8, 4) is 11.3 Å². The first kappa shape index (κ1) is 14.8. The second kappa shape index (κ2) is 7.22. The van der Waals surface area contributed by atoms with Gasteiger partial charge in [-0.25, -0.2) is 0 Å². The van der Waals surface area contributed by atoms with Gasteiger partial charge in [0, 0.05) is 11.6 Å². The first-order valence-electron chi connectivity index (χ1n) is 7.05. The summed E-state index contributed by atoms with van der Waals surface area (Å²) in [6, 6.07) is 10.4. The Bertz CT molecular complexity index is 519. The van der Waals surface area contributed by atoms with E-state index in [4.69, 9.17) is 4.52 Å². The van der Waals surface area contributed by atoms with E-state index in [9.17, 15) is 0 Å². The summed E-state index contributed by atoms with van der Waals surface area (Å²) in [5, 5.41) is 7.31. The van der Waals surface area contributed by atoms with E-state index in [-0.39, 0.29) is 0 Å². The van der Waals surface area contributed by atoms with Crippen LogP contribution in [0.5, 0.6) is 0 Å². The second-order valence-electron chi connectivity index (χ2n) is 5.24. The van der Waals surface area contributed by atoms with Gasteiger partial charge in [0.1, 0.15) is 5.69 Å². The van der Waals surface area contributed by atoms with Crippen molar-refractivity contribution in [2.75, 3.05) is 27.2 Å². The van der Waals surface area contributed by atoms with Crippen molar-refractivity contribution in [3.05, 3.63) is 41.7 Å². The van der Waals surface area contributed by atoms with Crippen molar-refractivity contribution in [2.24, 2.45) is 0 Å². The van der Waals surface area contributed by atoms with E-state index in [1.807, 2.05) is 13.1 Å². The Morgan fingerprint density at radius 1 is 1.25 bits per heavy atom. The van der Waals surface area contributed by atoms with E-state index in [2.05, 4.69) is 53.6 Å². The molecular weight excluding hydrogens is 250 g/mol. The molecule has 0 aliphatic rings. The van der Waals surface area contributed by atoms with Crippen LogP contribution in [0.2, 0.25) is 0 Å². The minimum atomic E-state index is 0.794. The van der Waals surface area contributed by atoms with Crippen LogP contribution in [0, 0.1) is 6.92 Å². The third kappa shape index (κ3) is 4.18. The third-order valence-electron chi connectivity index (χ3n) is 3.30. The minimum absolute atomic E-state index is 0.794. The number of benzene rings is 1. The molecule has 0 aliphatic carbocycles. The van der Waals surface area contributed by atoms with Crippen molar-refractivity contribution >= 4 is 0 Å². The largest absolute Gasteiger partial charge is 0.359 e. The molecule has 4 nitrogen and oxygen atoms in total. The van der Waals surface area contributed by atoms with Gasteiger partial charge >= 0.3 is 0 Å². The summed E-state index contributed by atoms with van der Waals surface area (Å²) in [5.74, 6) is 0.910. The van der Waals surface area contributed by atoms with Crippen LogP contribution in [0.1, 0.15) is 17.7 Å². The zero-order chi connectivity index (χ0) is 14.4. The molecule has 1 N–H and O–H groups in total. The fraction of sp³-hybridized carbons (Fsp3) is 0.438. The number of hydrogen-bond acceptors (Lipinski definition) is 4. The fourth-order valence-electron chi connectivity index (χ4n) is 2.12. The highest BCUT2D eigenvalue weighted by Gasteiger charge is 2.08. The Labute approximate surface area is 120 Å². The SMILES string of the molecule is CNCCCN(C)Cc1cc(-c2ccc(C)cc2)no1. The number of nitrogens with zero attached hydrogens (tertiary/aromatic N) is 2. The highest BCUT2D eigenvalue weighted by Crippen LogP contribution is 2.20. The number of nitrogens with one attached hydrogen (secondary N) is 1. The molecule has 0 saturated heterocycles. The van der Waals surface area contributed by atoms with E-state index >= 15 is 0 Å². The van der Waals surface area contributed by atoms with Crippen molar-refractivity contribution in [3.63, 3.8) is 0 Å². The van der Waals surface area contributed by atoms with Gasteiger partial charge in [0.2, 0.25) is 0 Å². The predicted octanol–water partition coefficient (Wildman–Crippen LogP) is 2.69. The summed E-state index contributed by atoms with van der Waals surface area (Å²) in [7, 11) is 4.08. The van der Waals surface area contributed by atoms with Gasteiger partial charge < -0.3 is 9.84 Å². The lowest BCUT2D eigenvalue weighted by Crippen LogP contribution is -2.22. The Balaban J connectivity index is 1.93. The number of rotatable bonds is 7. The van der Waals surface area contributed by atoms with Crippen LogP contribution in [0.25, 0.3) is 11.3 Å². The quantitative estimate of drug-likeness (QED) is 0.788. The van der Waals surface area contributed by atoms with E-state index in [0.29, 0.717) is 0 Å². The van der Waals surface area contributed by atoms with Crippen LogP contribution in [-0.4, -0.2) is 37.2 Å². The van der Waals surface area contributed by atoms with Crippen molar-refractivity contribution < 1.29 is 4.52 Å². The molecule has 1 aromatic carbocycles. The number of aromatic nitrogens is 1. The normalized spacial score (nSPS) is 11.2. The zero-order valence-electron chi connectivity index (χ0n) is 12.5. The molecule has 0 atom stereocenters. The molecular formula is C16H23N3O. The molecule has 0 spiro atoms. The molecule has 0 saturated carbocycles. The number of aryl methyl sites for hydroxylation is 1. The highest BCUT2D eigenvalue weighted by molar-refractivity contribution is 5.59. The van der Waals surface area contributed by atoms with Gasteiger partial charge in [0.05, 0.1) is 6.54 Å². The lowest BCUT2D eigenvalue weighted by Gasteiger charge is -2.13. The van der Waals surface area contributed by atoms with Crippen LogP contribution in [0.15, 0.2) is 34.9 Å². The molecule has 0 fully saturated rings. The molecule has 0 radical (unpaired) electrons. The molecule has 1 heterocycles. The van der Waals surface area contributed by atoms with Crippen LogP contribution in [-0.2, 0) is 6.54 Å². The van der Waals surface area contributed by atoms with Gasteiger partial charge in [-0.1, -0.05) is 35.0 Å².